The van der Waals surface area contributed by atoms with Gasteiger partial charge in [0.05, 0.1) is 17.6 Å². The molecule has 0 aliphatic heterocycles. The van der Waals surface area contributed by atoms with Crippen LogP contribution >= 0.6 is 0 Å². The van der Waals surface area contributed by atoms with Crippen molar-refractivity contribution in [1.29, 1.82) is 0 Å². The zero-order valence-corrected chi connectivity index (χ0v) is 18.3. The molecular formula is C23H13F5N8O. The summed E-state index contributed by atoms with van der Waals surface area (Å²) in [6.45, 7) is 0. The summed E-state index contributed by atoms with van der Waals surface area (Å²) in [7, 11) is 0. The Morgan fingerprint density at radius 3 is 2.59 bits per heavy atom. The molecule has 0 saturated carbocycles. The van der Waals surface area contributed by atoms with Gasteiger partial charge in [-0.2, -0.15) is 13.2 Å². The molecule has 0 saturated heterocycles. The highest BCUT2D eigenvalue weighted by Crippen LogP contribution is 2.33. The maximum atomic E-state index is 14.5. The number of carbonyl (C=O) groups excluding carboxylic acids is 1. The minimum absolute atomic E-state index is 0.262. The number of carbonyl (C=O) groups is 1. The molecule has 1 amide bonds. The monoisotopic (exact) mass is 512 g/mol. The molecule has 0 aliphatic carbocycles. The van der Waals surface area contributed by atoms with Crippen molar-refractivity contribution in [2.75, 3.05) is 10.6 Å². The third-order valence-electron chi connectivity index (χ3n) is 5.17. The van der Waals surface area contributed by atoms with Gasteiger partial charge in [0.2, 0.25) is 0 Å². The summed E-state index contributed by atoms with van der Waals surface area (Å²) in [5.74, 6) is -3.74. The molecule has 0 fully saturated rings. The highest BCUT2D eigenvalue weighted by atomic mass is 19.4. The molecule has 0 bridgehead atoms. The van der Waals surface area contributed by atoms with Crippen LogP contribution in [0.4, 0.5) is 39.1 Å². The number of pyridine rings is 2. The average molecular weight is 512 g/mol. The van der Waals surface area contributed by atoms with E-state index < -0.39 is 40.7 Å². The lowest BCUT2D eigenvalue weighted by atomic mass is 10.1. The lowest BCUT2D eigenvalue weighted by molar-refractivity contribution is -0.143. The number of halogens is 5. The second-order valence-corrected chi connectivity index (χ2v) is 7.52. The van der Waals surface area contributed by atoms with Crippen molar-refractivity contribution < 1.29 is 26.7 Å². The number of fused-ring (bicyclic) bond motifs is 1. The Balaban J connectivity index is 1.45. The maximum absolute atomic E-state index is 14.5. The Kier molecular flexibility index (Phi) is 5.91. The zero-order chi connectivity index (χ0) is 26.2. The third kappa shape index (κ3) is 4.63. The molecule has 14 heteroatoms. The van der Waals surface area contributed by atoms with Crippen molar-refractivity contribution in [2.24, 2.45) is 0 Å². The predicted octanol–water partition coefficient (Wildman–Crippen LogP) is 5.10. The highest BCUT2D eigenvalue weighted by Gasteiger charge is 2.37. The number of aromatic amines is 1. The molecule has 37 heavy (non-hydrogen) atoms. The molecule has 3 N–H and O–H groups in total. The number of aromatic nitrogens is 6. The molecule has 4 heterocycles. The molecule has 186 valence electrons. The molecule has 0 spiro atoms. The van der Waals surface area contributed by atoms with E-state index in [1.54, 1.807) is 12.1 Å². The number of amides is 1. The van der Waals surface area contributed by atoms with Gasteiger partial charge in [0.25, 0.3) is 5.91 Å². The van der Waals surface area contributed by atoms with Gasteiger partial charge < -0.3 is 15.6 Å². The molecule has 0 atom stereocenters. The Morgan fingerprint density at radius 2 is 1.78 bits per heavy atom. The summed E-state index contributed by atoms with van der Waals surface area (Å²) < 4.78 is 67.6. The van der Waals surface area contributed by atoms with Crippen LogP contribution in [0.25, 0.3) is 22.4 Å². The summed E-state index contributed by atoms with van der Waals surface area (Å²) in [6.07, 6.45) is -0.162. The van der Waals surface area contributed by atoms with Crippen LogP contribution in [-0.2, 0) is 6.18 Å². The van der Waals surface area contributed by atoms with Crippen LogP contribution in [0.5, 0.6) is 0 Å². The van der Waals surface area contributed by atoms with Crippen LogP contribution in [0.2, 0.25) is 0 Å². The highest BCUT2D eigenvalue weighted by molar-refractivity contribution is 6.05. The molecule has 0 aliphatic rings. The minimum Gasteiger partial charge on any atom is -0.341 e. The van der Waals surface area contributed by atoms with Crippen LogP contribution in [0.15, 0.2) is 61.4 Å². The van der Waals surface area contributed by atoms with Gasteiger partial charge in [0.15, 0.2) is 17.2 Å². The van der Waals surface area contributed by atoms with Gasteiger partial charge in [-0.1, -0.05) is 0 Å². The molecule has 1 aromatic carbocycles. The maximum Gasteiger partial charge on any atom is 0.436 e. The lowest BCUT2D eigenvalue weighted by Crippen LogP contribution is -2.19. The molecule has 4 aromatic heterocycles. The second-order valence-electron chi connectivity index (χ2n) is 7.52. The van der Waals surface area contributed by atoms with Crippen LogP contribution in [0.1, 0.15) is 16.1 Å². The number of benzene rings is 1. The smallest absolute Gasteiger partial charge is 0.341 e. The number of imidazole rings is 1. The van der Waals surface area contributed by atoms with Crippen molar-refractivity contribution in [3.8, 4) is 11.3 Å². The van der Waals surface area contributed by atoms with Crippen molar-refractivity contribution in [3.05, 3.63) is 84.3 Å². The minimum atomic E-state index is -5.11. The van der Waals surface area contributed by atoms with Gasteiger partial charge >= 0.3 is 6.18 Å². The van der Waals surface area contributed by atoms with E-state index in [4.69, 9.17) is 0 Å². The van der Waals surface area contributed by atoms with E-state index in [-0.39, 0.29) is 5.69 Å². The first kappa shape index (κ1) is 23.7. The number of rotatable bonds is 5. The van der Waals surface area contributed by atoms with Crippen LogP contribution in [0.3, 0.4) is 0 Å². The van der Waals surface area contributed by atoms with Gasteiger partial charge in [-0.3, -0.25) is 4.79 Å². The first-order valence-corrected chi connectivity index (χ1v) is 10.4. The summed E-state index contributed by atoms with van der Waals surface area (Å²) in [5.41, 5.74) is -0.913. The second kappa shape index (κ2) is 9.22. The van der Waals surface area contributed by atoms with E-state index >= 15 is 0 Å². The molecule has 0 radical (unpaired) electrons. The Hall–Kier alpha value is -5.01. The lowest BCUT2D eigenvalue weighted by Gasteiger charge is -2.14. The van der Waals surface area contributed by atoms with E-state index in [1.165, 1.54) is 31.0 Å². The standard InChI is InChI=1S/C23H13F5N8O/c24-14-4-3-11(8-15(14)36-22(37)12-5-7-29-19(16(12)25)23(26,27)28)35-20-13(2-1-6-30-20)17-18-21(33-9-31-17)34-10-32-18/h1-10H,(H,30,35)(H,36,37)(H,31,32,33,34). The summed E-state index contributed by atoms with van der Waals surface area (Å²) >= 11 is 0. The molecule has 5 rings (SSSR count). The first-order chi connectivity index (χ1) is 17.7. The van der Waals surface area contributed by atoms with Gasteiger partial charge in [0.1, 0.15) is 29.2 Å². The Labute approximate surface area is 203 Å². The van der Waals surface area contributed by atoms with Gasteiger partial charge in [0, 0.05) is 23.6 Å². The summed E-state index contributed by atoms with van der Waals surface area (Å²) in [5, 5.41) is 5.09. The van der Waals surface area contributed by atoms with Gasteiger partial charge in [-0.05, 0) is 36.4 Å². The van der Waals surface area contributed by atoms with E-state index in [0.29, 0.717) is 34.4 Å². The topological polar surface area (TPSA) is 121 Å². The Morgan fingerprint density at radius 1 is 0.946 bits per heavy atom. The fourth-order valence-corrected chi connectivity index (χ4v) is 3.51. The number of anilines is 3. The zero-order valence-electron chi connectivity index (χ0n) is 18.3. The van der Waals surface area contributed by atoms with E-state index in [9.17, 15) is 26.7 Å². The van der Waals surface area contributed by atoms with E-state index in [1.807, 2.05) is 0 Å². The van der Waals surface area contributed by atoms with Crippen molar-refractivity contribution in [2.45, 2.75) is 6.18 Å². The SMILES string of the molecule is O=C(Nc1cc(Nc2ncccc2-c2ncnc3nc[nH]c23)ccc1F)c1ccnc(C(F)(F)F)c1F. The number of hydrogen-bond donors (Lipinski definition) is 3. The number of nitrogens with zero attached hydrogens (tertiary/aromatic N) is 5. The molecule has 0 unspecified atom stereocenters. The van der Waals surface area contributed by atoms with Gasteiger partial charge in [-0.25, -0.2) is 33.7 Å². The summed E-state index contributed by atoms with van der Waals surface area (Å²) in [4.78, 5) is 35.2. The molecule has 9 nitrogen and oxygen atoms in total. The first-order valence-electron chi connectivity index (χ1n) is 10.4. The fourth-order valence-electron chi connectivity index (χ4n) is 3.51. The molecular weight excluding hydrogens is 499 g/mol. The van der Waals surface area contributed by atoms with Crippen LogP contribution < -0.4 is 10.6 Å². The average Bonchev–Trinajstić information content (AvgIpc) is 3.35. The Bertz CT molecular complexity index is 1640. The van der Waals surface area contributed by atoms with Crippen molar-refractivity contribution >= 4 is 34.3 Å². The third-order valence-corrected chi connectivity index (χ3v) is 5.17. The van der Waals surface area contributed by atoms with E-state index in [2.05, 4.69) is 40.5 Å². The van der Waals surface area contributed by atoms with Gasteiger partial charge in [-0.15, -0.1) is 0 Å². The van der Waals surface area contributed by atoms with Crippen molar-refractivity contribution in [3.63, 3.8) is 0 Å². The van der Waals surface area contributed by atoms with Crippen LogP contribution in [-0.4, -0.2) is 35.8 Å². The number of nitrogens with one attached hydrogen (secondary N) is 3. The summed E-state index contributed by atoms with van der Waals surface area (Å²) in [6, 6.07) is 7.72. The van der Waals surface area contributed by atoms with Crippen molar-refractivity contribution in [1.82, 2.24) is 29.9 Å². The normalized spacial score (nSPS) is 11.5. The molecule has 5 aromatic rings. The largest absolute Gasteiger partial charge is 0.436 e. The predicted molar refractivity (Wildman–Crippen MR) is 122 cm³/mol. The van der Waals surface area contributed by atoms with Crippen LogP contribution in [0, 0.1) is 11.6 Å². The number of H-pyrrole nitrogens is 1. The number of alkyl halides is 3. The van der Waals surface area contributed by atoms with E-state index in [0.717, 1.165) is 12.1 Å². The fraction of sp³-hybridized carbons (Fsp3) is 0.0435. The number of hydrogen-bond acceptors (Lipinski definition) is 7. The quantitative estimate of drug-likeness (QED) is 0.280.